The lowest BCUT2D eigenvalue weighted by atomic mass is 10.1. The summed E-state index contributed by atoms with van der Waals surface area (Å²) in [6.45, 7) is 2.64. The highest BCUT2D eigenvalue weighted by Gasteiger charge is 2.24. The number of imidazole rings is 1. The van der Waals surface area contributed by atoms with Crippen molar-refractivity contribution in [2.75, 3.05) is 26.3 Å². The number of rotatable bonds is 6. The molecule has 166 valence electrons. The van der Waals surface area contributed by atoms with Gasteiger partial charge in [0.2, 0.25) is 0 Å². The highest BCUT2D eigenvalue weighted by atomic mass is 16.5. The van der Waals surface area contributed by atoms with Gasteiger partial charge in [-0.15, -0.1) is 0 Å². The van der Waals surface area contributed by atoms with E-state index in [4.69, 9.17) is 14.5 Å². The fourth-order valence-corrected chi connectivity index (χ4v) is 3.87. The number of para-hydroxylation sites is 3. The van der Waals surface area contributed by atoms with Crippen LogP contribution in [0.1, 0.15) is 17.0 Å². The lowest BCUT2D eigenvalue weighted by molar-refractivity contribution is -0.128. The van der Waals surface area contributed by atoms with E-state index in [1.165, 1.54) is 0 Å². The van der Waals surface area contributed by atoms with Crippen molar-refractivity contribution in [3.8, 4) is 5.75 Å². The highest BCUT2D eigenvalue weighted by molar-refractivity contribution is 6.23. The van der Waals surface area contributed by atoms with Gasteiger partial charge in [0.15, 0.2) is 0 Å². The topological polar surface area (TPSA) is 67.5 Å². The Labute approximate surface area is 192 Å². The second-order valence-corrected chi connectivity index (χ2v) is 7.88. The highest BCUT2D eigenvalue weighted by Crippen LogP contribution is 2.27. The van der Waals surface area contributed by atoms with E-state index in [2.05, 4.69) is 4.98 Å². The minimum absolute atomic E-state index is 0.0739. The molecule has 0 aliphatic carbocycles. The molecule has 1 amide bonds. The predicted octanol–water partition coefficient (Wildman–Crippen LogP) is 4.54. The van der Waals surface area contributed by atoms with Gasteiger partial charge in [-0.25, -0.2) is 4.98 Å². The first-order valence-corrected chi connectivity index (χ1v) is 11.1. The van der Waals surface area contributed by atoms with Gasteiger partial charge < -0.3 is 19.4 Å². The molecule has 0 bridgehead atoms. The van der Waals surface area contributed by atoms with E-state index in [9.17, 15) is 4.79 Å². The predicted molar refractivity (Wildman–Crippen MR) is 129 cm³/mol. The average Bonchev–Trinajstić information content (AvgIpc) is 3.31. The monoisotopic (exact) mass is 439 g/mol. The van der Waals surface area contributed by atoms with Crippen LogP contribution in [0.2, 0.25) is 0 Å². The molecular formula is C27H25N3O3. The Morgan fingerprint density at radius 2 is 1.70 bits per heavy atom. The molecule has 1 N–H and O–H groups in total. The summed E-state index contributed by atoms with van der Waals surface area (Å²) < 4.78 is 11.6. The zero-order valence-corrected chi connectivity index (χ0v) is 18.2. The number of nitrogens with one attached hydrogen (secondary N) is 1. The van der Waals surface area contributed by atoms with Gasteiger partial charge >= 0.3 is 0 Å². The summed E-state index contributed by atoms with van der Waals surface area (Å²) in [6, 6.07) is 25.5. The lowest BCUT2D eigenvalue weighted by Crippen LogP contribution is -2.41. The van der Waals surface area contributed by atoms with Crippen LogP contribution in [0.25, 0.3) is 22.7 Å². The molecule has 3 aromatic carbocycles. The molecule has 0 radical (unpaired) electrons. The summed E-state index contributed by atoms with van der Waals surface area (Å²) in [4.78, 5) is 23.4. The van der Waals surface area contributed by atoms with Crippen molar-refractivity contribution < 1.29 is 14.3 Å². The number of carbonyl (C=O) groups is 1. The average molecular weight is 440 g/mol. The van der Waals surface area contributed by atoms with Gasteiger partial charge in [-0.3, -0.25) is 4.79 Å². The van der Waals surface area contributed by atoms with E-state index in [1.807, 2.05) is 89.8 Å². The molecule has 0 atom stereocenters. The minimum Gasteiger partial charge on any atom is -0.488 e. The number of morpholine rings is 1. The normalized spacial score (nSPS) is 14.4. The van der Waals surface area contributed by atoms with Crippen LogP contribution in [0.3, 0.4) is 0 Å². The van der Waals surface area contributed by atoms with Gasteiger partial charge in [0.25, 0.3) is 5.91 Å². The standard InChI is InChI=1S/C27H25N3O3/c31-27(30-14-16-32-17-15-30)22(26-28-23-11-5-6-12-24(23)29-26)18-21-10-4-7-13-25(21)33-19-20-8-2-1-3-9-20/h1-13,18H,14-17,19H2,(H,28,29)/b22-18+. The molecular weight excluding hydrogens is 414 g/mol. The molecule has 0 saturated carbocycles. The summed E-state index contributed by atoms with van der Waals surface area (Å²) >= 11 is 0. The molecule has 0 spiro atoms. The van der Waals surface area contributed by atoms with Gasteiger partial charge in [0.1, 0.15) is 18.2 Å². The van der Waals surface area contributed by atoms with E-state index < -0.39 is 0 Å². The minimum atomic E-state index is -0.0739. The van der Waals surface area contributed by atoms with E-state index >= 15 is 0 Å². The maximum atomic E-state index is 13.6. The van der Waals surface area contributed by atoms with Gasteiger partial charge in [-0.1, -0.05) is 60.7 Å². The van der Waals surface area contributed by atoms with Crippen LogP contribution >= 0.6 is 0 Å². The number of H-pyrrole nitrogens is 1. The summed E-state index contributed by atoms with van der Waals surface area (Å²) in [5.74, 6) is 1.19. The largest absolute Gasteiger partial charge is 0.488 e. The van der Waals surface area contributed by atoms with Crippen molar-refractivity contribution >= 4 is 28.6 Å². The fraction of sp³-hybridized carbons (Fsp3) is 0.185. The quantitative estimate of drug-likeness (QED) is 0.448. The number of ether oxygens (including phenoxy) is 2. The van der Waals surface area contributed by atoms with E-state index in [0.717, 1.165) is 22.2 Å². The molecule has 0 unspecified atom stereocenters. The second kappa shape index (κ2) is 9.71. The van der Waals surface area contributed by atoms with Crippen LogP contribution in [0.15, 0.2) is 78.9 Å². The Bertz CT molecular complexity index is 1240. The molecule has 4 aromatic rings. The zero-order valence-electron chi connectivity index (χ0n) is 18.2. The van der Waals surface area contributed by atoms with Crippen molar-refractivity contribution in [1.29, 1.82) is 0 Å². The summed E-state index contributed by atoms with van der Waals surface area (Å²) in [5.41, 5.74) is 4.12. The molecule has 1 aliphatic rings. The first kappa shape index (κ1) is 21.0. The molecule has 1 aliphatic heterocycles. The number of aromatic nitrogens is 2. The molecule has 2 heterocycles. The van der Waals surface area contributed by atoms with E-state index in [0.29, 0.717) is 50.1 Å². The van der Waals surface area contributed by atoms with Crippen LogP contribution in [0.5, 0.6) is 5.75 Å². The zero-order chi connectivity index (χ0) is 22.5. The van der Waals surface area contributed by atoms with Crippen molar-refractivity contribution in [1.82, 2.24) is 14.9 Å². The molecule has 5 rings (SSSR count). The van der Waals surface area contributed by atoms with Gasteiger partial charge in [0, 0.05) is 18.7 Å². The lowest BCUT2D eigenvalue weighted by Gasteiger charge is -2.27. The number of benzene rings is 3. The van der Waals surface area contributed by atoms with Crippen LogP contribution in [-0.2, 0) is 16.1 Å². The smallest absolute Gasteiger partial charge is 0.257 e. The van der Waals surface area contributed by atoms with Gasteiger partial charge in [-0.05, 0) is 29.8 Å². The second-order valence-electron chi connectivity index (χ2n) is 7.88. The summed E-state index contributed by atoms with van der Waals surface area (Å²) in [7, 11) is 0. The Morgan fingerprint density at radius 1 is 0.970 bits per heavy atom. The van der Waals surface area contributed by atoms with Crippen molar-refractivity contribution in [2.45, 2.75) is 6.61 Å². The summed E-state index contributed by atoms with van der Waals surface area (Å²) in [6.07, 6.45) is 1.87. The number of nitrogens with zero attached hydrogens (tertiary/aromatic N) is 2. The number of hydrogen-bond acceptors (Lipinski definition) is 4. The van der Waals surface area contributed by atoms with Gasteiger partial charge in [-0.2, -0.15) is 0 Å². The number of aromatic amines is 1. The van der Waals surface area contributed by atoms with Crippen molar-refractivity contribution in [3.05, 3.63) is 95.8 Å². The van der Waals surface area contributed by atoms with Crippen molar-refractivity contribution in [2.24, 2.45) is 0 Å². The first-order valence-electron chi connectivity index (χ1n) is 11.1. The maximum absolute atomic E-state index is 13.6. The van der Waals surface area contributed by atoms with E-state index in [1.54, 1.807) is 0 Å². The van der Waals surface area contributed by atoms with Crippen molar-refractivity contribution in [3.63, 3.8) is 0 Å². The van der Waals surface area contributed by atoms with Crippen LogP contribution in [0.4, 0.5) is 0 Å². The van der Waals surface area contributed by atoms with Crippen LogP contribution in [-0.4, -0.2) is 47.1 Å². The fourth-order valence-electron chi connectivity index (χ4n) is 3.87. The Kier molecular flexibility index (Phi) is 6.17. The maximum Gasteiger partial charge on any atom is 0.257 e. The molecule has 6 heteroatoms. The van der Waals surface area contributed by atoms with Gasteiger partial charge in [0.05, 0.1) is 29.8 Å². The third-order valence-corrected chi connectivity index (χ3v) is 5.63. The Balaban J connectivity index is 1.52. The number of carbonyl (C=O) groups excluding carboxylic acids is 1. The number of hydrogen-bond donors (Lipinski definition) is 1. The molecule has 1 fully saturated rings. The Hall–Kier alpha value is -3.90. The molecule has 33 heavy (non-hydrogen) atoms. The summed E-state index contributed by atoms with van der Waals surface area (Å²) in [5, 5.41) is 0. The SMILES string of the molecule is O=C(/C(=C/c1ccccc1OCc1ccccc1)c1nc2ccccc2[nH]1)N1CCOCC1. The number of amides is 1. The Morgan fingerprint density at radius 3 is 2.52 bits per heavy atom. The first-order chi connectivity index (χ1) is 16.3. The number of fused-ring (bicyclic) bond motifs is 1. The van der Waals surface area contributed by atoms with E-state index in [-0.39, 0.29) is 5.91 Å². The molecule has 1 aromatic heterocycles. The van der Waals surface area contributed by atoms with Crippen LogP contribution in [0, 0.1) is 0 Å². The third kappa shape index (κ3) is 4.81. The van der Waals surface area contributed by atoms with Crippen LogP contribution < -0.4 is 4.74 Å². The third-order valence-electron chi connectivity index (χ3n) is 5.63. The molecule has 6 nitrogen and oxygen atoms in total. The molecule has 1 saturated heterocycles.